The van der Waals surface area contributed by atoms with Crippen LogP contribution in [-0.4, -0.2) is 22.9 Å². The van der Waals surface area contributed by atoms with Crippen LogP contribution < -0.4 is 5.32 Å². The number of likely N-dealkylation sites (N-methyl/N-ethyl adjacent to an activating group) is 1. The van der Waals surface area contributed by atoms with Gasteiger partial charge in [0.15, 0.2) is 5.16 Å². The van der Waals surface area contributed by atoms with Gasteiger partial charge in [-0.1, -0.05) is 79.2 Å². The highest BCUT2D eigenvalue weighted by Gasteiger charge is 2.47. The second-order valence-electron chi connectivity index (χ2n) is 8.07. The third kappa shape index (κ3) is 4.31. The van der Waals surface area contributed by atoms with Gasteiger partial charge in [-0.3, -0.25) is 4.79 Å². The molecule has 2 aromatic carbocycles. The number of nitrogens with zero attached hydrogens (tertiary/aromatic N) is 1. The lowest BCUT2D eigenvalue weighted by molar-refractivity contribution is -0.128. The molecule has 0 saturated heterocycles. The molecule has 1 heterocycles. The zero-order valence-electron chi connectivity index (χ0n) is 17.4. The average Bonchev–Trinajstić information content (AvgIpc) is 3.51. The fraction of sp³-hybridized carbons (Fsp3) is 0.360. The van der Waals surface area contributed by atoms with E-state index < -0.39 is 5.41 Å². The van der Waals surface area contributed by atoms with Gasteiger partial charge in [0, 0.05) is 25.2 Å². The first-order valence-corrected chi connectivity index (χ1v) is 11.7. The van der Waals surface area contributed by atoms with E-state index in [0.717, 1.165) is 35.7 Å². The topological polar surface area (TPSA) is 57.8 Å². The van der Waals surface area contributed by atoms with Gasteiger partial charge in [0.05, 0.1) is 5.41 Å². The van der Waals surface area contributed by atoms with E-state index >= 15 is 0 Å². The number of benzene rings is 2. The van der Waals surface area contributed by atoms with Crippen molar-refractivity contribution in [1.29, 1.82) is 0 Å². The Kier molecular flexibility index (Phi) is 6.58. The van der Waals surface area contributed by atoms with E-state index in [9.17, 15) is 4.79 Å². The molecule has 1 unspecified atom stereocenters. The molecule has 30 heavy (non-hydrogen) atoms. The van der Waals surface area contributed by atoms with Crippen molar-refractivity contribution in [3.8, 4) is 0 Å². The summed E-state index contributed by atoms with van der Waals surface area (Å²) in [5.74, 6) is 1.35. The maximum Gasteiger partial charge on any atom is 0.231 e. The Labute approximate surface area is 182 Å². The van der Waals surface area contributed by atoms with Crippen LogP contribution >= 0.6 is 11.8 Å². The van der Waals surface area contributed by atoms with Crippen LogP contribution in [0.4, 0.5) is 0 Å². The van der Waals surface area contributed by atoms with E-state index in [0.29, 0.717) is 5.92 Å². The molecule has 1 atom stereocenters. The maximum atomic E-state index is 13.5. The van der Waals surface area contributed by atoms with Crippen molar-refractivity contribution in [1.82, 2.24) is 15.3 Å². The number of carbonyl (C=O) groups is 1. The van der Waals surface area contributed by atoms with Crippen LogP contribution in [0.2, 0.25) is 0 Å². The van der Waals surface area contributed by atoms with E-state index in [1.807, 2.05) is 12.3 Å². The minimum atomic E-state index is -0.528. The molecule has 3 aromatic rings. The molecule has 4 nitrogen and oxygen atoms in total. The minimum Gasteiger partial charge on any atom is -0.358 e. The molecule has 2 N–H and O–H groups in total. The smallest absolute Gasteiger partial charge is 0.231 e. The summed E-state index contributed by atoms with van der Waals surface area (Å²) in [4.78, 5) is 20.9. The zero-order valence-corrected chi connectivity index (χ0v) is 18.3. The summed E-state index contributed by atoms with van der Waals surface area (Å²) in [5, 5.41) is 3.93. The van der Waals surface area contributed by atoms with Crippen LogP contribution in [0.25, 0.3) is 0 Å². The average molecular weight is 420 g/mol. The lowest BCUT2D eigenvalue weighted by Gasteiger charge is -2.38. The second kappa shape index (κ2) is 9.52. The summed E-state index contributed by atoms with van der Waals surface area (Å²) in [5.41, 5.74) is 3.05. The van der Waals surface area contributed by atoms with Gasteiger partial charge in [-0.05, 0) is 41.9 Å². The molecule has 0 radical (unpaired) electrons. The quantitative estimate of drug-likeness (QED) is 0.498. The Morgan fingerprint density at radius 1 is 1.10 bits per heavy atom. The van der Waals surface area contributed by atoms with Crippen LogP contribution in [0, 0.1) is 5.92 Å². The summed E-state index contributed by atoms with van der Waals surface area (Å²) in [6.07, 6.45) is 8.97. The molecule has 1 aliphatic rings. The van der Waals surface area contributed by atoms with Gasteiger partial charge in [0.25, 0.3) is 0 Å². The van der Waals surface area contributed by atoms with Gasteiger partial charge < -0.3 is 10.3 Å². The number of imidazole rings is 1. The van der Waals surface area contributed by atoms with E-state index in [1.165, 1.54) is 24.0 Å². The lowest BCUT2D eigenvalue weighted by atomic mass is 9.65. The number of carbonyl (C=O) groups excluding carboxylic acids is 1. The Hall–Kier alpha value is -2.53. The summed E-state index contributed by atoms with van der Waals surface area (Å²) >= 11 is 1.69. The lowest BCUT2D eigenvalue weighted by Crippen LogP contribution is -2.49. The van der Waals surface area contributed by atoms with Crippen molar-refractivity contribution in [3.63, 3.8) is 0 Å². The van der Waals surface area contributed by atoms with E-state index in [4.69, 9.17) is 0 Å². The first kappa shape index (κ1) is 20.7. The predicted molar refractivity (Wildman–Crippen MR) is 122 cm³/mol. The summed E-state index contributed by atoms with van der Waals surface area (Å²) in [7, 11) is 1.77. The van der Waals surface area contributed by atoms with Crippen molar-refractivity contribution in [2.75, 3.05) is 7.05 Å². The molecule has 1 fully saturated rings. The molecular weight excluding hydrogens is 390 g/mol. The van der Waals surface area contributed by atoms with E-state index in [1.54, 1.807) is 25.0 Å². The van der Waals surface area contributed by atoms with Crippen LogP contribution in [0.5, 0.6) is 0 Å². The highest BCUT2D eigenvalue weighted by Crippen LogP contribution is 2.45. The Morgan fingerprint density at radius 3 is 2.47 bits per heavy atom. The first-order chi connectivity index (χ1) is 14.7. The Bertz CT molecular complexity index is 934. The van der Waals surface area contributed by atoms with Crippen molar-refractivity contribution in [3.05, 3.63) is 83.7 Å². The van der Waals surface area contributed by atoms with Gasteiger partial charge in [-0.25, -0.2) is 4.98 Å². The van der Waals surface area contributed by atoms with Gasteiger partial charge in [-0.15, -0.1) is 0 Å². The van der Waals surface area contributed by atoms with Gasteiger partial charge in [-0.2, -0.15) is 0 Å². The highest BCUT2D eigenvalue weighted by molar-refractivity contribution is 7.98. The van der Waals surface area contributed by atoms with Gasteiger partial charge in [0.2, 0.25) is 5.91 Å². The number of rotatable bonds is 8. The van der Waals surface area contributed by atoms with Gasteiger partial charge in [0.1, 0.15) is 0 Å². The van der Waals surface area contributed by atoms with Crippen molar-refractivity contribution >= 4 is 17.7 Å². The molecule has 0 aliphatic heterocycles. The Balaban J connectivity index is 1.66. The normalized spacial score (nSPS) is 16.3. The fourth-order valence-corrected chi connectivity index (χ4v) is 5.60. The molecule has 1 aromatic heterocycles. The second-order valence-corrected chi connectivity index (χ2v) is 9.04. The molecule has 1 amide bonds. The van der Waals surface area contributed by atoms with E-state index in [2.05, 4.69) is 63.8 Å². The van der Waals surface area contributed by atoms with E-state index in [-0.39, 0.29) is 5.91 Å². The van der Waals surface area contributed by atoms with Crippen LogP contribution in [0.3, 0.4) is 0 Å². The number of H-pyrrole nitrogens is 1. The van der Waals surface area contributed by atoms with Crippen molar-refractivity contribution < 1.29 is 4.79 Å². The van der Waals surface area contributed by atoms with Crippen LogP contribution in [0.15, 0.2) is 72.1 Å². The molecule has 4 rings (SSSR count). The largest absolute Gasteiger partial charge is 0.358 e. The number of amides is 1. The molecule has 0 spiro atoms. The maximum absolute atomic E-state index is 13.5. The summed E-state index contributed by atoms with van der Waals surface area (Å²) in [6, 6.07) is 19.1. The number of hydrogen-bond donors (Lipinski definition) is 2. The number of aromatic nitrogens is 2. The number of aromatic amines is 1. The third-order valence-corrected chi connectivity index (χ3v) is 7.30. The zero-order chi connectivity index (χ0) is 20.8. The van der Waals surface area contributed by atoms with Crippen molar-refractivity contribution in [2.24, 2.45) is 5.92 Å². The van der Waals surface area contributed by atoms with Crippen LogP contribution in [0.1, 0.15) is 42.4 Å². The predicted octanol–water partition coefficient (Wildman–Crippen LogP) is 5.12. The standard InChI is InChI=1S/C25H29N3OS/c1-26-23(29)25(21-9-5-6-10-21,17-19-7-3-2-4-8-19)22-13-11-20(12-14-22)18-30-24-27-15-16-28-24/h2-4,7-8,11-16,21H,5-6,9-10,17-18H2,1H3,(H,26,29)(H,27,28). The van der Waals surface area contributed by atoms with Crippen LogP contribution in [-0.2, 0) is 22.4 Å². The number of nitrogens with one attached hydrogen (secondary N) is 2. The Morgan fingerprint density at radius 2 is 1.83 bits per heavy atom. The summed E-state index contributed by atoms with van der Waals surface area (Å²) in [6.45, 7) is 0. The van der Waals surface area contributed by atoms with Crippen molar-refractivity contribution in [2.45, 2.75) is 48.4 Å². The minimum absolute atomic E-state index is 0.135. The SMILES string of the molecule is CNC(=O)C(Cc1ccccc1)(c1ccc(CSc2ncc[nH]2)cc1)C1CCCC1. The molecular formula is C25H29N3OS. The number of thioether (sulfide) groups is 1. The molecule has 1 aliphatic carbocycles. The first-order valence-electron chi connectivity index (χ1n) is 10.7. The third-order valence-electron chi connectivity index (χ3n) is 6.33. The monoisotopic (exact) mass is 419 g/mol. The highest BCUT2D eigenvalue weighted by atomic mass is 32.2. The molecule has 156 valence electrons. The molecule has 0 bridgehead atoms. The van der Waals surface area contributed by atoms with Gasteiger partial charge >= 0.3 is 0 Å². The fourth-order valence-electron chi connectivity index (χ4n) is 4.82. The molecule has 5 heteroatoms. The molecule has 1 saturated carbocycles. The number of hydrogen-bond acceptors (Lipinski definition) is 3. The summed E-state index contributed by atoms with van der Waals surface area (Å²) < 4.78 is 0.